The molecule has 4 aromatic rings. The van der Waals surface area contributed by atoms with Gasteiger partial charge in [0.25, 0.3) is 5.78 Å². The number of fused-ring (bicyclic) bond motifs is 1. The zero-order valence-corrected chi connectivity index (χ0v) is 21.2. The molecule has 1 aromatic heterocycles. The second-order valence-corrected chi connectivity index (χ2v) is 10.4. The Kier molecular flexibility index (Phi) is 5.62. The SMILES string of the molecule is Cc1ccc(/C(O)=C2\C(=O)C(=O)N(c3nc4c(C)cc(C)cc4s3)C2c2ccc(Br)cc2)cc1. The molecule has 0 aliphatic carbocycles. The summed E-state index contributed by atoms with van der Waals surface area (Å²) in [6.07, 6.45) is 0. The summed E-state index contributed by atoms with van der Waals surface area (Å²) in [5.74, 6) is -1.62. The first-order chi connectivity index (χ1) is 16.2. The van der Waals surface area contributed by atoms with Crippen LogP contribution in [0, 0.1) is 20.8 Å². The summed E-state index contributed by atoms with van der Waals surface area (Å²) in [5.41, 5.74) is 5.20. The van der Waals surface area contributed by atoms with Gasteiger partial charge in [0, 0.05) is 10.0 Å². The van der Waals surface area contributed by atoms with Gasteiger partial charge in [-0.3, -0.25) is 14.5 Å². The van der Waals surface area contributed by atoms with Crippen molar-refractivity contribution in [1.29, 1.82) is 0 Å². The van der Waals surface area contributed by atoms with Crippen molar-refractivity contribution in [1.82, 2.24) is 4.98 Å². The van der Waals surface area contributed by atoms with Crippen molar-refractivity contribution in [2.75, 3.05) is 4.90 Å². The van der Waals surface area contributed by atoms with Gasteiger partial charge in [0.15, 0.2) is 5.13 Å². The molecule has 1 fully saturated rings. The molecule has 1 aliphatic heterocycles. The van der Waals surface area contributed by atoms with Crippen LogP contribution >= 0.6 is 27.3 Å². The topological polar surface area (TPSA) is 70.5 Å². The monoisotopic (exact) mass is 532 g/mol. The molecule has 1 aliphatic rings. The van der Waals surface area contributed by atoms with E-state index >= 15 is 0 Å². The lowest BCUT2D eigenvalue weighted by Gasteiger charge is -2.23. The summed E-state index contributed by atoms with van der Waals surface area (Å²) >= 11 is 4.81. The van der Waals surface area contributed by atoms with Crippen LogP contribution in [0.5, 0.6) is 0 Å². The number of Topliss-reactive ketones (excluding diaryl/α,β-unsaturated/α-hetero) is 1. The number of amides is 1. The van der Waals surface area contributed by atoms with Crippen LogP contribution in [-0.2, 0) is 9.59 Å². The summed E-state index contributed by atoms with van der Waals surface area (Å²) in [5, 5.41) is 11.7. The molecule has 1 atom stereocenters. The summed E-state index contributed by atoms with van der Waals surface area (Å²) in [7, 11) is 0. The van der Waals surface area contributed by atoms with Crippen LogP contribution in [0.4, 0.5) is 5.13 Å². The van der Waals surface area contributed by atoms with Crippen molar-refractivity contribution >= 4 is 60.1 Å². The number of rotatable bonds is 3. The number of aliphatic hydroxyl groups excluding tert-OH is 1. The van der Waals surface area contributed by atoms with Gasteiger partial charge >= 0.3 is 5.91 Å². The van der Waals surface area contributed by atoms with Gasteiger partial charge in [-0.05, 0) is 55.7 Å². The van der Waals surface area contributed by atoms with Gasteiger partial charge in [-0.2, -0.15) is 0 Å². The average Bonchev–Trinajstić information content (AvgIpc) is 3.33. The minimum atomic E-state index is -0.795. The Bertz CT molecular complexity index is 1490. The quantitative estimate of drug-likeness (QED) is 0.183. The first kappa shape index (κ1) is 22.5. The molecule has 1 saturated heterocycles. The Morgan fingerprint density at radius 1 is 0.971 bits per heavy atom. The van der Waals surface area contributed by atoms with E-state index in [4.69, 9.17) is 4.98 Å². The molecule has 0 radical (unpaired) electrons. The number of aryl methyl sites for hydroxylation is 3. The number of ketones is 1. The summed E-state index contributed by atoms with van der Waals surface area (Å²) in [4.78, 5) is 32.9. The third-order valence-electron chi connectivity index (χ3n) is 5.98. The van der Waals surface area contributed by atoms with Gasteiger partial charge in [-0.15, -0.1) is 0 Å². The van der Waals surface area contributed by atoms with Gasteiger partial charge in [0.05, 0.1) is 21.8 Å². The van der Waals surface area contributed by atoms with Crippen LogP contribution in [0.15, 0.2) is 70.7 Å². The van der Waals surface area contributed by atoms with Gasteiger partial charge in [0.2, 0.25) is 0 Å². The third-order valence-corrected chi connectivity index (χ3v) is 7.51. The summed E-state index contributed by atoms with van der Waals surface area (Å²) in [6, 6.07) is 17.9. The highest BCUT2D eigenvalue weighted by molar-refractivity contribution is 9.10. The van der Waals surface area contributed by atoms with Crippen molar-refractivity contribution in [3.05, 3.63) is 98.5 Å². The van der Waals surface area contributed by atoms with Gasteiger partial charge in [-0.25, -0.2) is 4.98 Å². The number of aliphatic hydroxyl groups is 1. The second kappa shape index (κ2) is 8.49. The molecule has 1 unspecified atom stereocenters. The number of benzene rings is 3. The maximum absolute atomic E-state index is 13.4. The van der Waals surface area contributed by atoms with E-state index in [1.54, 1.807) is 12.1 Å². The van der Waals surface area contributed by atoms with Crippen LogP contribution in [0.3, 0.4) is 0 Å². The van der Waals surface area contributed by atoms with Crippen LogP contribution in [0.1, 0.15) is 33.9 Å². The van der Waals surface area contributed by atoms with E-state index in [0.29, 0.717) is 16.3 Å². The lowest BCUT2D eigenvalue weighted by Crippen LogP contribution is -2.29. The maximum Gasteiger partial charge on any atom is 0.301 e. The number of hydrogen-bond acceptors (Lipinski definition) is 5. The Balaban J connectivity index is 1.74. The molecule has 7 heteroatoms. The Labute approximate surface area is 209 Å². The second-order valence-electron chi connectivity index (χ2n) is 8.51. The van der Waals surface area contributed by atoms with Crippen molar-refractivity contribution in [2.24, 2.45) is 0 Å². The molecule has 1 N–H and O–H groups in total. The molecule has 1 amide bonds. The zero-order chi connectivity index (χ0) is 24.1. The summed E-state index contributed by atoms with van der Waals surface area (Å²) in [6.45, 7) is 5.94. The number of anilines is 1. The lowest BCUT2D eigenvalue weighted by atomic mass is 9.95. The average molecular weight is 533 g/mol. The maximum atomic E-state index is 13.4. The molecule has 170 valence electrons. The number of halogens is 1. The lowest BCUT2D eigenvalue weighted by molar-refractivity contribution is -0.132. The van der Waals surface area contributed by atoms with Crippen LogP contribution < -0.4 is 4.90 Å². The first-order valence-corrected chi connectivity index (χ1v) is 12.4. The highest BCUT2D eigenvalue weighted by atomic mass is 79.9. The van der Waals surface area contributed by atoms with Crippen LogP contribution in [-0.4, -0.2) is 21.8 Å². The number of carbonyl (C=O) groups excluding carboxylic acids is 2. The van der Waals surface area contributed by atoms with Crippen LogP contribution in [0.2, 0.25) is 0 Å². The van der Waals surface area contributed by atoms with Crippen molar-refractivity contribution in [3.8, 4) is 0 Å². The van der Waals surface area contributed by atoms with Crippen molar-refractivity contribution in [2.45, 2.75) is 26.8 Å². The molecule has 5 rings (SSSR count). The molecular weight excluding hydrogens is 512 g/mol. The molecule has 2 heterocycles. The van der Waals surface area contributed by atoms with Gasteiger partial charge in [-0.1, -0.05) is 75.3 Å². The normalized spacial score (nSPS) is 17.6. The predicted octanol–water partition coefficient (Wildman–Crippen LogP) is 6.61. The van der Waals surface area contributed by atoms with Gasteiger partial charge < -0.3 is 5.11 Å². The minimum absolute atomic E-state index is 0.0586. The van der Waals surface area contributed by atoms with E-state index in [0.717, 1.165) is 31.4 Å². The standard InChI is InChI=1S/C27H21BrN2O3S/c1-14-4-6-18(7-5-14)24(31)21-23(17-8-10-19(28)11-9-17)30(26(33)25(21)32)27-29-22-16(3)12-15(2)13-20(22)34-27/h4-13,23,31H,1-3H3/b24-21+. The van der Waals surface area contributed by atoms with Gasteiger partial charge in [0.1, 0.15) is 5.76 Å². The Morgan fingerprint density at radius 2 is 1.65 bits per heavy atom. The largest absolute Gasteiger partial charge is 0.507 e. The molecule has 0 bridgehead atoms. The molecule has 34 heavy (non-hydrogen) atoms. The number of nitrogens with zero attached hydrogens (tertiary/aromatic N) is 2. The number of aromatic nitrogens is 1. The Hall–Kier alpha value is -3.29. The third kappa shape index (κ3) is 3.75. The number of carbonyl (C=O) groups is 2. The van der Waals surface area contributed by atoms with E-state index in [9.17, 15) is 14.7 Å². The minimum Gasteiger partial charge on any atom is -0.507 e. The van der Waals surface area contributed by atoms with E-state index in [2.05, 4.69) is 15.9 Å². The van der Waals surface area contributed by atoms with E-state index in [1.165, 1.54) is 16.2 Å². The molecule has 0 spiro atoms. The van der Waals surface area contributed by atoms with Crippen molar-refractivity contribution < 1.29 is 14.7 Å². The first-order valence-electron chi connectivity index (χ1n) is 10.8. The molecule has 0 saturated carbocycles. The van der Waals surface area contributed by atoms with E-state index in [1.807, 2.05) is 69.3 Å². The fourth-order valence-corrected chi connectivity index (χ4v) is 5.75. The highest BCUT2D eigenvalue weighted by Crippen LogP contribution is 2.44. The number of thiazole rings is 1. The zero-order valence-electron chi connectivity index (χ0n) is 18.8. The van der Waals surface area contributed by atoms with E-state index in [-0.39, 0.29) is 11.3 Å². The highest BCUT2D eigenvalue weighted by Gasteiger charge is 2.48. The number of hydrogen-bond donors (Lipinski definition) is 1. The fourth-order valence-electron chi connectivity index (χ4n) is 4.32. The van der Waals surface area contributed by atoms with E-state index < -0.39 is 17.7 Å². The smallest absolute Gasteiger partial charge is 0.301 e. The molecule has 3 aromatic carbocycles. The Morgan fingerprint density at radius 3 is 2.32 bits per heavy atom. The summed E-state index contributed by atoms with van der Waals surface area (Å²) < 4.78 is 1.82. The molecular formula is C27H21BrN2O3S. The molecule has 5 nitrogen and oxygen atoms in total. The van der Waals surface area contributed by atoms with Crippen LogP contribution in [0.25, 0.3) is 16.0 Å². The fraction of sp³-hybridized carbons (Fsp3) is 0.148. The predicted molar refractivity (Wildman–Crippen MR) is 139 cm³/mol. The van der Waals surface area contributed by atoms with Crippen molar-refractivity contribution in [3.63, 3.8) is 0 Å².